The zero-order valence-corrected chi connectivity index (χ0v) is 11.1. The lowest BCUT2D eigenvalue weighted by atomic mass is 10.1. The van der Waals surface area contributed by atoms with Gasteiger partial charge in [0, 0.05) is 11.8 Å². The normalized spacial score (nSPS) is 10.3. The molecular weight excluding hydrogens is 261 g/mol. The molecule has 0 atom stereocenters. The predicted molar refractivity (Wildman–Crippen MR) is 73.8 cm³/mol. The molecule has 0 spiro atoms. The molecule has 0 unspecified atom stereocenters. The lowest BCUT2D eigenvalue weighted by Gasteiger charge is -2.11. The first-order valence-corrected chi connectivity index (χ1v) is 5.96. The van der Waals surface area contributed by atoms with Gasteiger partial charge < -0.3 is 15.6 Å². The minimum atomic E-state index is -1.13. The topological polar surface area (TPSA) is 72.5 Å². The molecule has 0 bridgehead atoms. The van der Waals surface area contributed by atoms with Gasteiger partial charge in [-0.15, -0.1) is 0 Å². The Morgan fingerprint density at radius 3 is 2.45 bits per heavy atom. The second-order valence-corrected chi connectivity index (χ2v) is 4.52. The molecule has 0 aliphatic heterocycles. The smallest absolute Gasteiger partial charge is 0.337 e. The SMILES string of the molecule is Cc1ccc(Oc2cc(C)c(N)c(C(=O)O)c2)cc1F. The largest absolute Gasteiger partial charge is 0.478 e. The fraction of sp³-hybridized carbons (Fsp3) is 0.133. The second-order valence-electron chi connectivity index (χ2n) is 4.52. The van der Waals surface area contributed by atoms with E-state index in [-0.39, 0.29) is 17.1 Å². The highest BCUT2D eigenvalue weighted by molar-refractivity contribution is 5.95. The van der Waals surface area contributed by atoms with Crippen LogP contribution in [0.4, 0.5) is 10.1 Å². The van der Waals surface area contributed by atoms with Gasteiger partial charge in [-0.2, -0.15) is 0 Å². The highest BCUT2D eigenvalue weighted by Gasteiger charge is 2.13. The number of carboxylic acid groups (broad SMARTS) is 1. The monoisotopic (exact) mass is 275 g/mol. The number of aryl methyl sites for hydroxylation is 2. The van der Waals surface area contributed by atoms with E-state index >= 15 is 0 Å². The van der Waals surface area contributed by atoms with Crippen LogP contribution >= 0.6 is 0 Å². The number of halogens is 1. The van der Waals surface area contributed by atoms with Crippen molar-refractivity contribution in [2.45, 2.75) is 13.8 Å². The number of nitrogens with two attached hydrogens (primary N) is 1. The van der Waals surface area contributed by atoms with Crippen LogP contribution in [0.25, 0.3) is 0 Å². The standard InChI is InChI=1S/C15H14FNO3/c1-8-3-4-10(7-13(8)16)20-11-5-9(2)14(17)12(6-11)15(18)19/h3-7H,17H2,1-2H3,(H,18,19). The molecule has 2 aromatic carbocycles. The summed E-state index contributed by atoms with van der Waals surface area (Å²) in [6, 6.07) is 7.39. The van der Waals surface area contributed by atoms with Gasteiger partial charge in [0.05, 0.1) is 5.56 Å². The third-order valence-corrected chi connectivity index (χ3v) is 2.97. The number of carboxylic acids is 1. The van der Waals surface area contributed by atoms with Crippen LogP contribution in [0.1, 0.15) is 21.5 Å². The minimum absolute atomic E-state index is 0.0346. The number of nitrogen functional groups attached to an aromatic ring is 1. The molecular formula is C15H14FNO3. The highest BCUT2D eigenvalue weighted by atomic mass is 19.1. The average molecular weight is 275 g/mol. The van der Waals surface area contributed by atoms with Crippen LogP contribution in [0.5, 0.6) is 11.5 Å². The minimum Gasteiger partial charge on any atom is -0.478 e. The van der Waals surface area contributed by atoms with Gasteiger partial charge >= 0.3 is 5.97 Å². The summed E-state index contributed by atoms with van der Waals surface area (Å²) < 4.78 is 18.9. The Labute approximate surface area is 115 Å². The Hall–Kier alpha value is -2.56. The molecule has 2 rings (SSSR count). The van der Waals surface area contributed by atoms with E-state index in [1.807, 2.05) is 0 Å². The lowest BCUT2D eigenvalue weighted by Crippen LogP contribution is -2.04. The van der Waals surface area contributed by atoms with Gasteiger partial charge in [-0.3, -0.25) is 0 Å². The molecule has 0 radical (unpaired) electrons. The molecule has 20 heavy (non-hydrogen) atoms. The van der Waals surface area contributed by atoms with Crippen LogP contribution in [-0.4, -0.2) is 11.1 Å². The first-order chi connectivity index (χ1) is 9.38. The number of aromatic carboxylic acids is 1. The summed E-state index contributed by atoms with van der Waals surface area (Å²) in [5.41, 5.74) is 6.95. The van der Waals surface area contributed by atoms with Crippen LogP contribution in [0, 0.1) is 19.7 Å². The van der Waals surface area contributed by atoms with E-state index in [0.717, 1.165) is 0 Å². The van der Waals surface area contributed by atoms with E-state index in [9.17, 15) is 9.18 Å². The number of anilines is 1. The van der Waals surface area contributed by atoms with E-state index < -0.39 is 5.97 Å². The van der Waals surface area contributed by atoms with Crippen LogP contribution < -0.4 is 10.5 Å². The quantitative estimate of drug-likeness (QED) is 0.841. The van der Waals surface area contributed by atoms with Crippen molar-refractivity contribution in [1.29, 1.82) is 0 Å². The zero-order chi connectivity index (χ0) is 14.9. The van der Waals surface area contributed by atoms with Crippen LogP contribution in [-0.2, 0) is 0 Å². The Bertz CT molecular complexity index is 683. The first-order valence-electron chi connectivity index (χ1n) is 5.96. The fourth-order valence-corrected chi connectivity index (χ4v) is 1.77. The van der Waals surface area contributed by atoms with E-state index in [4.69, 9.17) is 15.6 Å². The Morgan fingerprint density at radius 2 is 1.85 bits per heavy atom. The molecule has 2 aromatic rings. The van der Waals surface area contributed by atoms with Crippen LogP contribution in [0.3, 0.4) is 0 Å². The van der Waals surface area contributed by atoms with Crippen molar-refractivity contribution in [2.75, 3.05) is 5.73 Å². The van der Waals surface area contributed by atoms with Crippen molar-refractivity contribution >= 4 is 11.7 Å². The van der Waals surface area contributed by atoms with Crippen molar-refractivity contribution in [3.63, 3.8) is 0 Å². The summed E-state index contributed by atoms with van der Waals surface area (Å²) in [5, 5.41) is 9.07. The third-order valence-electron chi connectivity index (χ3n) is 2.97. The third kappa shape index (κ3) is 2.71. The van der Waals surface area contributed by atoms with E-state index in [0.29, 0.717) is 22.6 Å². The number of hydrogen-bond acceptors (Lipinski definition) is 3. The summed E-state index contributed by atoms with van der Waals surface area (Å²) in [6.07, 6.45) is 0. The van der Waals surface area contributed by atoms with Gasteiger partial charge in [-0.05, 0) is 43.2 Å². The number of ether oxygens (including phenoxy) is 1. The molecule has 0 heterocycles. The van der Waals surface area contributed by atoms with Crippen molar-refractivity contribution in [3.05, 3.63) is 52.8 Å². The van der Waals surface area contributed by atoms with Crippen LogP contribution in [0.15, 0.2) is 30.3 Å². The maximum absolute atomic E-state index is 13.4. The molecule has 3 N–H and O–H groups in total. The summed E-state index contributed by atoms with van der Waals surface area (Å²) in [5.74, 6) is -0.912. The summed E-state index contributed by atoms with van der Waals surface area (Å²) in [4.78, 5) is 11.1. The van der Waals surface area contributed by atoms with Gasteiger partial charge in [-0.1, -0.05) is 6.07 Å². The molecule has 0 aliphatic rings. The molecule has 0 saturated carbocycles. The van der Waals surface area contributed by atoms with Crippen molar-refractivity contribution in [3.8, 4) is 11.5 Å². The number of hydrogen-bond donors (Lipinski definition) is 2. The Morgan fingerprint density at radius 1 is 1.15 bits per heavy atom. The fourth-order valence-electron chi connectivity index (χ4n) is 1.77. The number of benzene rings is 2. The van der Waals surface area contributed by atoms with Gasteiger partial charge in [0.15, 0.2) is 0 Å². The first kappa shape index (κ1) is 13.9. The predicted octanol–water partition coefficient (Wildman–Crippen LogP) is 3.52. The molecule has 0 amide bonds. The van der Waals surface area contributed by atoms with Gasteiger partial charge in [0.1, 0.15) is 17.3 Å². The summed E-state index contributed by atoms with van der Waals surface area (Å²) in [7, 11) is 0. The summed E-state index contributed by atoms with van der Waals surface area (Å²) in [6.45, 7) is 3.33. The number of rotatable bonds is 3. The van der Waals surface area contributed by atoms with Crippen molar-refractivity contribution in [2.24, 2.45) is 0 Å². The van der Waals surface area contributed by atoms with Crippen molar-refractivity contribution < 1.29 is 19.0 Å². The Balaban J connectivity index is 2.38. The van der Waals surface area contributed by atoms with Gasteiger partial charge in [0.25, 0.3) is 0 Å². The molecule has 104 valence electrons. The molecule has 0 fully saturated rings. The molecule has 0 aromatic heterocycles. The van der Waals surface area contributed by atoms with Crippen LogP contribution in [0.2, 0.25) is 0 Å². The maximum Gasteiger partial charge on any atom is 0.337 e. The molecule has 4 nitrogen and oxygen atoms in total. The molecule has 0 saturated heterocycles. The second kappa shape index (κ2) is 5.21. The summed E-state index contributed by atoms with van der Waals surface area (Å²) >= 11 is 0. The lowest BCUT2D eigenvalue weighted by molar-refractivity contribution is 0.0697. The van der Waals surface area contributed by atoms with Crippen molar-refractivity contribution in [1.82, 2.24) is 0 Å². The van der Waals surface area contributed by atoms with E-state index in [1.165, 1.54) is 12.1 Å². The van der Waals surface area contributed by atoms with Gasteiger partial charge in [0.2, 0.25) is 0 Å². The zero-order valence-electron chi connectivity index (χ0n) is 11.1. The maximum atomic E-state index is 13.4. The van der Waals surface area contributed by atoms with E-state index in [2.05, 4.69) is 0 Å². The molecule has 0 aliphatic carbocycles. The Kier molecular flexibility index (Phi) is 3.61. The average Bonchev–Trinajstić information content (AvgIpc) is 2.37. The van der Waals surface area contributed by atoms with E-state index in [1.54, 1.807) is 32.0 Å². The highest BCUT2D eigenvalue weighted by Crippen LogP contribution is 2.29. The molecule has 5 heteroatoms. The number of carbonyl (C=O) groups is 1. The van der Waals surface area contributed by atoms with Gasteiger partial charge in [-0.25, -0.2) is 9.18 Å².